The minimum Gasteiger partial charge on any atom is -0.497 e. The first-order valence-corrected chi connectivity index (χ1v) is 5.75. The van der Waals surface area contributed by atoms with Crippen LogP contribution in [0.1, 0.15) is 6.42 Å². The molecule has 1 aromatic carbocycles. The molecule has 0 spiro atoms. The van der Waals surface area contributed by atoms with Gasteiger partial charge in [-0.05, 0) is 12.1 Å². The first kappa shape index (κ1) is 13.7. The Hall–Kier alpha value is -2.74. The molecule has 1 aliphatic rings. The Labute approximate surface area is 115 Å². The average Bonchev–Trinajstić information content (AvgIpc) is 2.54. The fourth-order valence-electron chi connectivity index (χ4n) is 1.89. The summed E-state index contributed by atoms with van der Waals surface area (Å²) in [5.41, 5.74) is 11.6. The Balaban J connectivity index is 2.59. The van der Waals surface area contributed by atoms with Gasteiger partial charge in [0.05, 0.1) is 30.6 Å². The molecule has 2 amide bonds. The molecule has 0 atom stereocenters. The number of rotatable bonds is 2. The molecule has 0 aromatic heterocycles. The van der Waals surface area contributed by atoms with Gasteiger partial charge in [0.25, 0.3) is 5.91 Å². The van der Waals surface area contributed by atoms with Gasteiger partial charge in [0.15, 0.2) is 0 Å². The number of nitrogens with two attached hydrogens (primary N) is 3. The molecule has 106 valence electrons. The highest BCUT2D eigenvalue weighted by Crippen LogP contribution is 2.34. The largest absolute Gasteiger partial charge is 0.497 e. The summed E-state index contributed by atoms with van der Waals surface area (Å²) in [5, 5.41) is 3.83. The second kappa shape index (κ2) is 5.10. The zero-order valence-electron chi connectivity index (χ0n) is 10.8. The van der Waals surface area contributed by atoms with Crippen molar-refractivity contribution in [2.75, 3.05) is 17.4 Å². The van der Waals surface area contributed by atoms with Crippen molar-refractivity contribution in [3.05, 3.63) is 29.6 Å². The zero-order chi connectivity index (χ0) is 14.9. The van der Waals surface area contributed by atoms with Crippen molar-refractivity contribution in [2.24, 2.45) is 17.3 Å². The summed E-state index contributed by atoms with van der Waals surface area (Å²) in [6.45, 7) is 0. The second-order valence-corrected chi connectivity index (χ2v) is 4.20. The predicted molar refractivity (Wildman–Crippen MR) is 73.3 cm³/mol. The number of hydrazine groups is 1. The Bertz CT molecular complexity index is 611. The molecule has 1 aliphatic heterocycles. The number of ether oxygens (including phenoxy) is 1. The Morgan fingerprint density at radius 2 is 2.10 bits per heavy atom. The first-order valence-electron chi connectivity index (χ1n) is 5.75. The molecule has 0 bridgehead atoms. The third kappa shape index (κ3) is 2.36. The molecule has 0 unspecified atom stereocenters. The van der Waals surface area contributed by atoms with Crippen molar-refractivity contribution >= 4 is 23.2 Å². The lowest BCUT2D eigenvalue weighted by molar-refractivity contribution is -0.115. The summed E-state index contributed by atoms with van der Waals surface area (Å²) < 4.78 is 5.11. The van der Waals surface area contributed by atoms with Crippen LogP contribution in [0.4, 0.5) is 11.4 Å². The van der Waals surface area contributed by atoms with Gasteiger partial charge >= 0.3 is 0 Å². The van der Waals surface area contributed by atoms with Gasteiger partial charge in [-0.3, -0.25) is 14.6 Å². The summed E-state index contributed by atoms with van der Waals surface area (Å²) >= 11 is 0. The molecule has 2 rings (SSSR count). The van der Waals surface area contributed by atoms with Crippen LogP contribution in [0.15, 0.2) is 29.6 Å². The minimum absolute atomic E-state index is 0.141. The monoisotopic (exact) mass is 277 g/mol. The van der Waals surface area contributed by atoms with Crippen molar-refractivity contribution in [1.82, 2.24) is 0 Å². The molecule has 20 heavy (non-hydrogen) atoms. The van der Waals surface area contributed by atoms with Gasteiger partial charge in [0.1, 0.15) is 11.4 Å². The van der Waals surface area contributed by atoms with Crippen LogP contribution in [-0.2, 0) is 9.59 Å². The quantitative estimate of drug-likeness (QED) is 0.420. The van der Waals surface area contributed by atoms with Crippen LogP contribution in [0.2, 0.25) is 0 Å². The van der Waals surface area contributed by atoms with E-state index < -0.39 is 5.91 Å². The summed E-state index contributed by atoms with van der Waals surface area (Å²) in [7, 11) is 1.51. The summed E-state index contributed by atoms with van der Waals surface area (Å²) in [6, 6.07) is 4.95. The number of methoxy groups -OCH3 is 1. The van der Waals surface area contributed by atoms with E-state index in [1.807, 2.05) is 0 Å². The van der Waals surface area contributed by atoms with Crippen molar-refractivity contribution in [3.63, 3.8) is 0 Å². The Morgan fingerprint density at radius 3 is 2.70 bits per heavy atom. The van der Waals surface area contributed by atoms with E-state index in [-0.39, 0.29) is 23.7 Å². The van der Waals surface area contributed by atoms with E-state index in [0.717, 1.165) is 5.01 Å². The maximum Gasteiger partial charge on any atom is 0.266 e. The lowest BCUT2D eigenvalue weighted by atomic mass is 10.2. The van der Waals surface area contributed by atoms with Crippen LogP contribution in [0, 0.1) is 0 Å². The van der Waals surface area contributed by atoms with E-state index in [9.17, 15) is 9.59 Å². The van der Waals surface area contributed by atoms with Gasteiger partial charge in [0.2, 0.25) is 5.91 Å². The number of carbonyl (C=O) groups is 2. The smallest absolute Gasteiger partial charge is 0.266 e. The molecule has 8 nitrogen and oxygen atoms in total. The number of hydrogen-bond donors (Lipinski definition) is 4. The number of hydrogen-bond acceptors (Lipinski definition) is 6. The number of nitrogens with one attached hydrogen (secondary N) is 1. The number of primary amides is 1. The molecule has 8 heteroatoms. The lowest BCUT2D eigenvalue weighted by Crippen LogP contribution is -2.35. The van der Waals surface area contributed by atoms with Crippen LogP contribution in [0.25, 0.3) is 0 Å². The van der Waals surface area contributed by atoms with Gasteiger partial charge in [-0.2, -0.15) is 0 Å². The molecule has 0 fully saturated rings. The summed E-state index contributed by atoms with van der Waals surface area (Å²) in [6.07, 6.45) is -0.151. The number of nitrogens with zero attached hydrogens (tertiary/aromatic N) is 1. The highest BCUT2D eigenvalue weighted by atomic mass is 16.5. The first-order chi connectivity index (χ1) is 9.43. The third-order valence-electron chi connectivity index (χ3n) is 2.93. The maximum atomic E-state index is 11.8. The van der Waals surface area contributed by atoms with E-state index in [0.29, 0.717) is 17.1 Å². The molecular formula is C12H15N5O3. The average molecular weight is 277 g/mol. The molecule has 1 heterocycles. The van der Waals surface area contributed by atoms with Crippen LogP contribution in [0.5, 0.6) is 5.75 Å². The molecule has 0 aliphatic carbocycles. The Kier molecular flexibility index (Phi) is 3.49. The number of carbonyl (C=O) groups excluding carboxylic acids is 2. The maximum absolute atomic E-state index is 11.8. The van der Waals surface area contributed by atoms with Gasteiger partial charge in [-0.15, -0.1) is 0 Å². The van der Waals surface area contributed by atoms with Gasteiger partial charge in [-0.1, -0.05) is 0 Å². The van der Waals surface area contributed by atoms with Gasteiger partial charge in [0, 0.05) is 6.07 Å². The zero-order valence-corrected chi connectivity index (χ0v) is 10.8. The van der Waals surface area contributed by atoms with Crippen LogP contribution in [0.3, 0.4) is 0 Å². The van der Waals surface area contributed by atoms with Crippen molar-refractivity contribution in [2.45, 2.75) is 6.42 Å². The highest BCUT2D eigenvalue weighted by molar-refractivity contribution is 6.01. The molecule has 0 radical (unpaired) electrons. The lowest BCUT2D eigenvalue weighted by Gasteiger charge is -2.22. The number of fused-ring (bicyclic) bond motifs is 1. The fourth-order valence-corrected chi connectivity index (χ4v) is 1.89. The van der Waals surface area contributed by atoms with E-state index in [2.05, 4.69) is 5.32 Å². The summed E-state index contributed by atoms with van der Waals surface area (Å²) in [5.74, 6) is 5.32. The number of benzene rings is 1. The van der Waals surface area contributed by atoms with Gasteiger partial charge < -0.3 is 21.5 Å². The van der Waals surface area contributed by atoms with Crippen LogP contribution in [-0.4, -0.2) is 18.9 Å². The fraction of sp³-hybridized carbons (Fsp3) is 0.167. The standard InChI is InChI=1S/C12H15N5O3/c1-20-6-2-3-7-8(4-6)17(15)9(5-10(18)16-7)11(13)12(14)19/h2-4H,5,13,15H2,1H3,(H2,14,19)(H,16,18)/b11-9-. The van der Waals surface area contributed by atoms with E-state index in [4.69, 9.17) is 22.0 Å². The van der Waals surface area contributed by atoms with E-state index in [1.54, 1.807) is 18.2 Å². The van der Waals surface area contributed by atoms with Crippen LogP contribution >= 0.6 is 0 Å². The van der Waals surface area contributed by atoms with Crippen molar-refractivity contribution < 1.29 is 14.3 Å². The predicted octanol–water partition coefficient (Wildman–Crippen LogP) is -0.627. The normalized spacial score (nSPS) is 16.9. The molecular weight excluding hydrogens is 262 g/mol. The molecule has 1 aromatic rings. The van der Waals surface area contributed by atoms with Crippen LogP contribution < -0.4 is 32.4 Å². The third-order valence-corrected chi connectivity index (χ3v) is 2.93. The highest BCUT2D eigenvalue weighted by Gasteiger charge is 2.25. The van der Waals surface area contributed by atoms with Crippen molar-refractivity contribution in [1.29, 1.82) is 0 Å². The summed E-state index contributed by atoms with van der Waals surface area (Å²) in [4.78, 5) is 23.0. The minimum atomic E-state index is -0.838. The number of amides is 2. The molecule has 0 saturated carbocycles. The van der Waals surface area contributed by atoms with Crippen molar-refractivity contribution in [3.8, 4) is 5.75 Å². The van der Waals surface area contributed by atoms with Gasteiger partial charge in [-0.25, -0.2) is 5.84 Å². The SMILES string of the molecule is COc1ccc2c(c1)N(N)/C(=C(\N)C(N)=O)CC(=O)N2. The number of anilines is 2. The van der Waals surface area contributed by atoms with E-state index >= 15 is 0 Å². The topological polar surface area (TPSA) is 137 Å². The second-order valence-electron chi connectivity index (χ2n) is 4.20. The van der Waals surface area contributed by atoms with E-state index in [1.165, 1.54) is 7.11 Å². The molecule has 7 N–H and O–H groups in total. The molecule has 0 saturated heterocycles. The Morgan fingerprint density at radius 1 is 1.40 bits per heavy atom.